The fourth-order valence-corrected chi connectivity index (χ4v) is 2.55. The van der Waals surface area contributed by atoms with Crippen LogP contribution in [0.25, 0.3) is 0 Å². The molecule has 0 radical (unpaired) electrons. The molecule has 1 aromatic heterocycles. The van der Waals surface area contributed by atoms with Crippen molar-refractivity contribution in [3.05, 3.63) is 21.4 Å². The average molecular weight is 227 g/mol. The van der Waals surface area contributed by atoms with Gasteiger partial charge in [0.2, 0.25) is 0 Å². The lowest BCUT2D eigenvalue weighted by Gasteiger charge is -2.10. The summed E-state index contributed by atoms with van der Waals surface area (Å²) < 4.78 is 5.09. The van der Waals surface area contributed by atoms with Crippen molar-refractivity contribution in [2.24, 2.45) is 5.92 Å². The standard InChI is InChI=1S/C12H21NOS/c1-9(8-14-4)6-13-7-12-5-10(2)11(3)15-12/h5,9,13H,6-8H2,1-4H3. The zero-order chi connectivity index (χ0) is 11.3. The molecule has 2 nitrogen and oxygen atoms in total. The summed E-state index contributed by atoms with van der Waals surface area (Å²) in [4.78, 5) is 2.85. The zero-order valence-electron chi connectivity index (χ0n) is 10.1. The Morgan fingerprint density at radius 2 is 2.20 bits per heavy atom. The van der Waals surface area contributed by atoms with Gasteiger partial charge in [0.05, 0.1) is 0 Å². The molecular weight excluding hydrogens is 206 g/mol. The van der Waals surface area contributed by atoms with E-state index in [1.165, 1.54) is 15.3 Å². The molecule has 1 atom stereocenters. The molecule has 0 aromatic carbocycles. The number of aryl methyl sites for hydroxylation is 2. The molecule has 1 rings (SSSR count). The van der Waals surface area contributed by atoms with Gasteiger partial charge in [-0.25, -0.2) is 0 Å². The first kappa shape index (κ1) is 12.7. The summed E-state index contributed by atoms with van der Waals surface area (Å²) in [5.41, 5.74) is 1.40. The molecule has 0 amide bonds. The van der Waals surface area contributed by atoms with Crippen LogP contribution >= 0.6 is 11.3 Å². The van der Waals surface area contributed by atoms with E-state index in [1.54, 1.807) is 7.11 Å². The number of methoxy groups -OCH3 is 1. The molecular formula is C12H21NOS. The summed E-state index contributed by atoms with van der Waals surface area (Å²) in [6.45, 7) is 9.37. The van der Waals surface area contributed by atoms with E-state index in [0.717, 1.165) is 19.7 Å². The van der Waals surface area contributed by atoms with Crippen LogP contribution < -0.4 is 5.32 Å². The lowest BCUT2D eigenvalue weighted by atomic mass is 10.2. The molecule has 0 saturated carbocycles. The van der Waals surface area contributed by atoms with Crippen molar-refractivity contribution in [2.45, 2.75) is 27.3 Å². The van der Waals surface area contributed by atoms with Crippen molar-refractivity contribution in [3.63, 3.8) is 0 Å². The second kappa shape index (κ2) is 6.26. The van der Waals surface area contributed by atoms with E-state index in [-0.39, 0.29) is 0 Å². The Morgan fingerprint density at radius 1 is 1.47 bits per heavy atom. The topological polar surface area (TPSA) is 21.3 Å². The van der Waals surface area contributed by atoms with Gasteiger partial charge in [-0.2, -0.15) is 0 Å². The molecule has 0 saturated heterocycles. The summed E-state index contributed by atoms with van der Waals surface area (Å²) in [6, 6.07) is 2.27. The quantitative estimate of drug-likeness (QED) is 0.807. The van der Waals surface area contributed by atoms with Crippen molar-refractivity contribution in [2.75, 3.05) is 20.3 Å². The maximum absolute atomic E-state index is 5.09. The van der Waals surface area contributed by atoms with E-state index in [0.29, 0.717) is 5.92 Å². The van der Waals surface area contributed by atoms with Crippen molar-refractivity contribution in [3.8, 4) is 0 Å². The highest BCUT2D eigenvalue weighted by Gasteiger charge is 2.03. The Balaban J connectivity index is 2.25. The molecule has 15 heavy (non-hydrogen) atoms. The Hall–Kier alpha value is -0.380. The summed E-state index contributed by atoms with van der Waals surface area (Å²) in [5, 5.41) is 3.46. The van der Waals surface area contributed by atoms with Gasteiger partial charge >= 0.3 is 0 Å². The van der Waals surface area contributed by atoms with Gasteiger partial charge in [-0.15, -0.1) is 11.3 Å². The van der Waals surface area contributed by atoms with E-state index >= 15 is 0 Å². The first-order valence-corrected chi connectivity index (χ1v) is 6.20. The molecule has 0 aliphatic carbocycles. The Bertz CT molecular complexity index is 276. The third kappa shape index (κ3) is 4.33. The van der Waals surface area contributed by atoms with Gasteiger partial charge in [-0.05, 0) is 31.4 Å². The number of thiophene rings is 1. The molecule has 86 valence electrons. The SMILES string of the molecule is COCC(C)CNCc1cc(C)c(C)s1. The van der Waals surface area contributed by atoms with E-state index < -0.39 is 0 Å². The van der Waals surface area contributed by atoms with Gasteiger partial charge in [0.25, 0.3) is 0 Å². The highest BCUT2D eigenvalue weighted by atomic mass is 32.1. The van der Waals surface area contributed by atoms with Gasteiger partial charge in [-0.3, -0.25) is 0 Å². The van der Waals surface area contributed by atoms with Crippen LogP contribution in [-0.4, -0.2) is 20.3 Å². The van der Waals surface area contributed by atoms with Crippen molar-refractivity contribution in [1.29, 1.82) is 0 Å². The van der Waals surface area contributed by atoms with Crippen molar-refractivity contribution < 1.29 is 4.74 Å². The van der Waals surface area contributed by atoms with Crippen LogP contribution in [0.2, 0.25) is 0 Å². The number of hydrogen-bond donors (Lipinski definition) is 1. The number of hydrogen-bond acceptors (Lipinski definition) is 3. The van der Waals surface area contributed by atoms with Crippen molar-refractivity contribution >= 4 is 11.3 Å². The van der Waals surface area contributed by atoms with Gasteiger partial charge in [0, 0.05) is 36.6 Å². The molecule has 3 heteroatoms. The largest absolute Gasteiger partial charge is 0.384 e. The molecule has 0 aliphatic rings. The van der Waals surface area contributed by atoms with Gasteiger partial charge in [-0.1, -0.05) is 6.92 Å². The summed E-state index contributed by atoms with van der Waals surface area (Å²) in [5.74, 6) is 0.581. The fraction of sp³-hybridized carbons (Fsp3) is 0.667. The predicted molar refractivity (Wildman–Crippen MR) is 66.5 cm³/mol. The van der Waals surface area contributed by atoms with Crippen LogP contribution in [0.3, 0.4) is 0 Å². The van der Waals surface area contributed by atoms with Gasteiger partial charge in [0.15, 0.2) is 0 Å². The maximum Gasteiger partial charge on any atom is 0.0499 e. The van der Waals surface area contributed by atoms with Crippen LogP contribution in [0.1, 0.15) is 22.2 Å². The number of rotatable bonds is 6. The first-order valence-electron chi connectivity index (χ1n) is 5.39. The Labute approximate surface area is 96.7 Å². The lowest BCUT2D eigenvalue weighted by molar-refractivity contribution is 0.158. The Morgan fingerprint density at radius 3 is 2.73 bits per heavy atom. The molecule has 1 aromatic rings. The van der Waals surface area contributed by atoms with Crippen LogP contribution in [0.4, 0.5) is 0 Å². The minimum absolute atomic E-state index is 0.581. The zero-order valence-corrected chi connectivity index (χ0v) is 10.9. The van der Waals surface area contributed by atoms with Crippen LogP contribution in [-0.2, 0) is 11.3 Å². The molecule has 0 spiro atoms. The number of ether oxygens (including phenoxy) is 1. The predicted octanol–water partition coefficient (Wildman–Crippen LogP) is 2.74. The Kier molecular flexibility index (Phi) is 5.29. The van der Waals surface area contributed by atoms with Gasteiger partial charge < -0.3 is 10.1 Å². The molecule has 1 unspecified atom stereocenters. The molecule has 0 aliphatic heterocycles. The molecule has 0 bridgehead atoms. The molecule has 0 fully saturated rings. The summed E-state index contributed by atoms with van der Waals surface area (Å²) in [7, 11) is 1.75. The van der Waals surface area contributed by atoms with E-state index in [1.807, 2.05) is 11.3 Å². The molecule has 1 heterocycles. The fourth-order valence-electron chi connectivity index (χ4n) is 1.52. The average Bonchev–Trinajstić information content (AvgIpc) is 2.46. The van der Waals surface area contributed by atoms with Gasteiger partial charge in [0.1, 0.15) is 0 Å². The normalized spacial score (nSPS) is 13.1. The lowest BCUT2D eigenvalue weighted by Crippen LogP contribution is -2.22. The second-order valence-corrected chi connectivity index (χ2v) is 5.48. The minimum Gasteiger partial charge on any atom is -0.384 e. The highest BCUT2D eigenvalue weighted by molar-refractivity contribution is 7.12. The van der Waals surface area contributed by atoms with Crippen LogP contribution in [0.15, 0.2) is 6.07 Å². The maximum atomic E-state index is 5.09. The highest BCUT2D eigenvalue weighted by Crippen LogP contribution is 2.20. The van der Waals surface area contributed by atoms with Crippen LogP contribution in [0.5, 0.6) is 0 Å². The second-order valence-electron chi connectivity index (χ2n) is 4.14. The minimum atomic E-state index is 0.581. The third-order valence-corrected chi connectivity index (χ3v) is 3.61. The van der Waals surface area contributed by atoms with E-state index in [4.69, 9.17) is 4.74 Å². The van der Waals surface area contributed by atoms with Crippen LogP contribution in [0, 0.1) is 19.8 Å². The summed E-state index contributed by atoms with van der Waals surface area (Å²) in [6.07, 6.45) is 0. The molecule has 1 N–H and O–H groups in total. The number of nitrogens with one attached hydrogen (secondary N) is 1. The first-order chi connectivity index (χ1) is 7.13. The van der Waals surface area contributed by atoms with E-state index in [9.17, 15) is 0 Å². The third-order valence-electron chi connectivity index (χ3n) is 2.46. The van der Waals surface area contributed by atoms with Crippen molar-refractivity contribution in [1.82, 2.24) is 5.32 Å². The monoisotopic (exact) mass is 227 g/mol. The summed E-state index contributed by atoms with van der Waals surface area (Å²) >= 11 is 1.89. The van der Waals surface area contributed by atoms with E-state index in [2.05, 4.69) is 32.2 Å². The smallest absolute Gasteiger partial charge is 0.0499 e.